The Labute approximate surface area is 85.1 Å². The molecule has 0 fully saturated rings. The Balaban J connectivity index is 2.42. The number of H-pyrrole nitrogens is 1. The van der Waals surface area contributed by atoms with Gasteiger partial charge in [-0.25, -0.2) is 4.39 Å². The Hall–Kier alpha value is -2.04. The lowest BCUT2D eigenvalue weighted by Crippen LogP contribution is -2.02. The van der Waals surface area contributed by atoms with Crippen LogP contribution in [0.4, 0.5) is 4.39 Å². The number of halogens is 1. The van der Waals surface area contributed by atoms with Gasteiger partial charge in [-0.05, 0) is 30.7 Å². The van der Waals surface area contributed by atoms with Crippen molar-refractivity contribution in [2.45, 2.75) is 6.92 Å². The first-order valence-electron chi connectivity index (χ1n) is 4.34. The topological polar surface area (TPSA) is 58.6 Å². The first-order valence-corrected chi connectivity index (χ1v) is 4.34. The third-order valence-corrected chi connectivity index (χ3v) is 1.95. The number of benzene rings is 1. The molecule has 0 saturated heterocycles. The van der Waals surface area contributed by atoms with Gasteiger partial charge < -0.3 is 0 Å². The second-order valence-corrected chi connectivity index (χ2v) is 3.20. The molecule has 1 aromatic heterocycles. The summed E-state index contributed by atoms with van der Waals surface area (Å²) < 4.78 is 13.0. The van der Waals surface area contributed by atoms with Crippen molar-refractivity contribution >= 4 is 5.78 Å². The number of hydrogen-bond donors (Lipinski definition) is 1. The van der Waals surface area contributed by atoms with E-state index in [9.17, 15) is 9.18 Å². The molecule has 0 amide bonds. The maximum Gasteiger partial charge on any atom is 0.214 e. The largest absolute Gasteiger partial charge is 0.287 e. The highest BCUT2D eigenvalue weighted by atomic mass is 19.1. The van der Waals surface area contributed by atoms with Crippen molar-refractivity contribution in [1.29, 1.82) is 0 Å². The van der Waals surface area contributed by atoms with Crippen molar-refractivity contribution in [3.63, 3.8) is 0 Å². The van der Waals surface area contributed by atoms with Crippen LogP contribution in [-0.2, 0) is 0 Å². The Kier molecular flexibility index (Phi) is 2.29. The first kappa shape index (κ1) is 9.51. The fraction of sp³-hybridized carbons (Fsp3) is 0.100. The average Bonchev–Trinajstić information content (AvgIpc) is 2.67. The minimum Gasteiger partial charge on any atom is -0.287 e. The van der Waals surface area contributed by atoms with Crippen LogP contribution in [0.25, 0.3) is 0 Å². The van der Waals surface area contributed by atoms with Crippen LogP contribution in [0.5, 0.6) is 0 Å². The SMILES string of the molecule is Cc1cc(F)cc(C(=O)c2cn[nH]n2)c1. The summed E-state index contributed by atoms with van der Waals surface area (Å²) in [5.41, 5.74) is 1.16. The minimum absolute atomic E-state index is 0.181. The molecule has 0 saturated carbocycles. The van der Waals surface area contributed by atoms with Crippen LogP contribution >= 0.6 is 0 Å². The maximum atomic E-state index is 13.0. The van der Waals surface area contributed by atoms with Crippen LogP contribution in [0.15, 0.2) is 24.4 Å². The van der Waals surface area contributed by atoms with E-state index in [-0.39, 0.29) is 17.0 Å². The Bertz CT molecular complexity index is 473. The van der Waals surface area contributed by atoms with E-state index in [0.29, 0.717) is 5.56 Å². The highest BCUT2D eigenvalue weighted by Crippen LogP contribution is 2.11. The molecule has 4 nitrogen and oxygen atoms in total. The van der Waals surface area contributed by atoms with Crippen molar-refractivity contribution in [3.05, 3.63) is 47.0 Å². The first-order chi connectivity index (χ1) is 7.16. The van der Waals surface area contributed by atoms with E-state index >= 15 is 0 Å². The van der Waals surface area contributed by atoms with Crippen LogP contribution in [0, 0.1) is 12.7 Å². The predicted molar refractivity (Wildman–Crippen MR) is 51.0 cm³/mol. The molecule has 0 radical (unpaired) electrons. The highest BCUT2D eigenvalue weighted by molar-refractivity contribution is 6.07. The number of carbonyl (C=O) groups excluding carboxylic acids is 1. The highest BCUT2D eigenvalue weighted by Gasteiger charge is 2.12. The number of rotatable bonds is 2. The third-order valence-electron chi connectivity index (χ3n) is 1.95. The lowest BCUT2D eigenvalue weighted by molar-refractivity contribution is 0.103. The molecule has 15 heavy (non-hydrogen) atoms. The summed E-state index contributed by atoms with van der Waals surface area (Å²) in [6.07, 6.45) is 1.31. The van der Waals surface area contributed by atoms with E-state index in [4.69, 9.17) is 0 Å². The number of nitrogens with one attached hydrogen (secondary N) is 1. The molecule has 2 aromatic rings. The van der Waals surface area contributed by atoms with Crippen molar-refractivity contribution in [1.82, 2.24) is 15.4 Å². The molecule has 0 bridgehead atoms. The molecule has 76 valence electrons. The van der Waals surface area contributed by atoms with Crippen molar-refractivity contribution in [3.8, 4) is 0 Å². The van der Waals surface area contributed by atoms with Crippen molar-refractivity contribution in [2.24, 2.45) is 0 Å². The van der Waals surface area contributed by atoms with E-state index < -0.39 is 5.82 Å². The Morgan fingerprint density at radius 2 is 2.20 bits per heavy atom. The maximum absolute atomic E-state index is 13.0. The molecule has 1 N–H and O–H groups in total. The van der Waals surface area contributed by atoms with Gasteiger partial charge in [0.1, 0.15) is 5.82 Å². The molecule has 0 aliphatic rings. The summed E-state index contributed by atoms with van der Waals surface area (Å²) in [6, 6.07) is 4.16. The Morgan fingerprint density at radius 1 is 1.40 bits per heavy atom. The van der Waals surface area contributed by atoms with Gasteiger partial charge in [-0.3, -0.25) is 4.79 Å². The number of aromatic amines is 1. The summed E-state index contributed by atoms with van der Waals surface area (Å²) >= 11 is 0. The van der Waals surface area contributed by atoms with E-state index in [1.807, 2.05) is 0 Å². The number of hydrogen-bond acceptors (Lipinski definition) is 3. The summed E-state index contributed by atoms with van der Waals surface area (Å²) in [4.78, 5) is 11.7. The Morgan fingerprint density at radius 3 is 2.80 bits per heavy atom. The molecular formula is C10H8FN3O. The lowest BCUT2D eigenvalue weighted by Gasteiger charge is -1.99. The van der Waals surface area contributed by atoms with Crippen LogP contribution in [-0.4, -0.2) is 21.2 Å². The van der Waals surface area contributed by atoms with Gasteiger partial charge in [-0.2, -0.15) is 15.4 Å². The lowest BCUT2D eigenvalue weighted by atomic mass is 10.1. The summed E-state index contributed by atoms with van der Waals surface area (Å²) in [6.45, 7) is 1.72. The van der Waals surface area contributed by atoms with Gasteiger partial charge in [-0.1, -0.05) is 0 Å². The number of carbonyl (C=O) groups is 1. The standard InChI is InChI=1S/C10H8FN3O/c1-6-2-7(4-8(11)3-6)10(15)9-5-12-14-13-9/h2-5H,1H3,(H,12,13,14). The average molecular weight is 205 g/mol. The molecule has 2 rings (SSSR count). The van der Waals surface area contributed by atoms with Crippen LogP contribution in [0.1, 0.15) is 21.6 Å². The fourth-order valence-electron chi connectivity index (χ4n) is 1.33. The molecule has 0 aliphatic heterocycles. The van der Waals surface area contributed by atoms with Crippen LogP contribution in [0.2, 0.25) is 0 Å². The van der Waals surface area contributed by atoms with E-state index in [2.05, 4.69) is 15.4 Å². The zero-order valence-electron chi connectivity index (χ0n) is 7.99. The number of aryl methyl sites for hydroxylation is 1. The van der Waals surface area contributed by atoms with Crippen LogP contribution < -0.4 is 0 Å². The number of nitrogens with zero attached hydrogens (tertiary/aromatic N) is 2. The second kappa shape index (κ2) is 3.61. The van der Waals surface area contributed by atoms with Gasteiger partial charge in [0.15, 0.2) is 5.69 Å². The minimum atomic E-state index is -0.429. The summed E-state index contributed by atoms with van der Waals surface area (Å²) in [5, 5.41) is 9.50. The molecule has 0 atom stereocenters. The molecule has 0 spiro atoms. The fourth-order valence-corrected chi connectivity index (χ4v) is 1.33. The van der Waals surface area contributed by atoms with Gasteiger partial charge in [0, 0.05) is 5.56 Å². The molecule has 5 heteroatoms. The van der Waals surface area contributed by atoms with Gasteiger partial charge >= 0.3 is 0 Å². The van der Waals surface area contributed by atoms with Gasteiger partial charge in [0.05, 0.1) is 6.20 Å². The quantitative estimate of drug-likeness (QED) is 0.755. The zero-order valence-corrected chi connectivity index (χ0v) is 7.99. The molecule has 0 aliphatic carbocycles. The summed E-state index contributed by atoms with van der Waals surface area (Å²) in [5.74, 6) is -0.770. The molecule has 0 unspecified atom stereocenters. The zero-order chi connectivity index (χ0) is 10.8. The van der Waals surface area contributed by atoms with Crippen LogP contribution in [0.3, 0.4) is 0 Å². The predicted octanol–water partition coefficient (Wildman–Crippen LogP) is 1.48. The monoisotopic (exact) mass is 205 g/mol. The van der Waals surface area contributed by atoms with Gasteiger partial charge in [0.2, 0.25) is 5.78 Å². The molecule has 1 heterocycles. The van der Waals surface area contributed by atoms with E-state index in [1.165, 1.54) is 18.3 Å². The van der Waals surface area contributed by atoms with Crippen molar-refractivity contribution in [2.75, 3.05) is 0 Å². The van der Waals surface area contributed by atoms with Crippen molar-refractivity contribution < 1.29 is 9.18 Å². The smallest absolute Gasteiger partial charge is 0.214 e. The van der Waals surface area contributed by atoms with Gasteiger partial charge in [-0.15, -0.1) is 0 Å². The molecular weight excluding hydrogens is 197 g/mol. The molecule has 1 aromatic carbocycles. The summed E-state index contributed by atoms with van der Waals surface area (Å²) in [7, 11) is 0. The third kappa shape index (κ3) is 1.90. The van der Waals surface area contributed by atoms with E-state index in [0.717, 1.165) is 0 Å². The number of aromatic nitrogens is 3. The van der Waals surface area contributed by atoms with E-state index in [1.54, 1.807) is 13.0 Å². The normalized spacial score (nSPS) is 10.3. The second-order valence-electron chi connectivity index (χ2n) is 3.20. The van der Waals surface area contributed by atoms with Gasteiger partial charge in [0.25, 0.3) is 0 Å². The number of ketones is 1.